The molecule has 41 heavy (non-hydrogen) atoms. The molecule has 0 radical (unpaired) electrons. The Kier molecular flexibility index (Phi) is 14.4. The van der Waals surface area contributed by atoms with Gasteiger partial charge in [0.25, 0.3) is 0 Å². The molecular weight excluding hydrogens is 524 g/mol. The first-order valence-electron chi connectivity index (χ1n) is 15.9. The average molecular weight is 578 g/mol. The van der Waals surface area contributed by atoms with Crippen LogP contribution in [0.3, 0.4) is 0 Å². The molecule has 0 unspecified atom stereocenters. The highest BCUT2D eigenvalue weighted by Gasteiger charge is 2.22. The number of benzene rings is 2. The fraction of sp³-hybridized carbons (Fsp3) is 0.556. The molecule has 2 aromatic carbocycles. The molecule has 0 saturated carbocycles. The van der Waals surface area contributed by atoms with Gasteiger partial charge < -0.3 is 10.1 Å². The van der Waals surface area contributed by atoms with Crippen LogP contribution in [0.25, 0.3) is 0 Å². The van der Waals surface area contributed by atoms with Crippen LogP contribution in [0, 0.1) is 0 Å². The van der Waals surface area contributed by atoms with Gasteiger partial charge in [-0.05, 0) is 23.5 Å². The van der Waals surface area contributed by atoms with Crippen molar-refractivity contribution in [2.45, 2.75) is 123 Å². The Labute approximate surface area is 253 Å². The van der Waals surface area contributed by atoms with Crippen LogP contribution in [-0.4, -0.2) is 12.5 Å². The van der Waals surface area contributed by atoms with Crippen molar-refractivity contribution in [2.75, 3.05) is 11.9 Å². The fourth-order valence-electron chi connectivity index (χ4n) is 5.30. The molecule has 1 amide bonds. The number of ether oxygens (including phenoxy) is 1. The van der Waals surface area contributed by atoms with Crippen molar-refractivity contribution in [1.82, 2.24) is 0 Å². The summed E-state index contributed by atoms with van der Waals surface area (Å²) in [7, 11) is 0. The van der Waals surface area contributed by atoms with Crippen LogP contribution >= 0.6 is 11.3 Å². The Hall–Kier alpha value is -2.66. The van der Waals surface area contributed by atoms with E-state index < -0.39 is 0 Å². The van der Waals surface area contributed by atoms with Crippen molar-refractivity contribution in [2.24, 2.45) is 0 Å². The number of hydrogen-bond donors (Lipinski definition) is 1. The van der Waals surface area contributed by atoms with Gasteiger partial charge in [-0.25, -0.2) is 0 Å². The SMILES string of the molecule is CCCCCCCCCCCCCCOc1c(CC(=O)Nc2ccccc2C[n+]2ccsc2)cccc1C(C)(C)C. The van der Waals surface area contributed by atoms with Gasteiger partial charge >= 0.3 is 0 Å². The molecule has 0 saturated heterocycles. The minimum absolute atomic E-state index is 0.0194. The van der Waals surface area contributed by atoms with E-state index in [1.807, 2.05) is 24.3 Å². The Bertz CT molecular complexity index is 1150. The first kappa shape index (κ1) is 32.8. The van der Waals surface area contributed by atoms with E-state index in [0.717, 1.165) is 41.1 Å². The van der Waals surface area contributed by atoms with Crippen LogP contribution in [-0.2, 0) is 23.2 Å². The maximum absolute atomic E-state index is 13.3. The topological polar surface area (TPSA) is 42.2 Å². The monoisotopic (exact) mass is 577 g/mol. The van der Waals surface area contributed by atoms with E-state index >= 15 is 0 Å². The first-order valence-corrected chi connectivity index (χ1v) is 16.9. The van der Waals surface area contributed by atoms with Crippen LogP contribution in [0.4, 0.5) is 5.69 Å². The number of para-hydroxylation sites is 2. The van der Waals surface area contributed by atoms with E-state index in [9.17, 15) is 4.79 Å². The molecule has 0 spiro atoms. The largest absolute Gasteiger partial charge is 0.493 e. The molecular formula is C36H53N2O2S+. The molecule has 1 aromatic heterocycles. The maximum Gasteiger partial charge on any atom is 0.228 e. The van der Waals surface area contributed by atoms with E-state index in [4.69, 9.17) is 4.74 Å². The standard InChI is InChI=1S/C36H52N2O2S/c1-5-6-7-8-9-10-11-12-13-14-15-18-25-40-35-30(21-19-22-32(35)36(2,3)4)27-34(39)37-33-23-17-16-20-31(33)28-38-24-26-41-29-38/h16-17,19-24,26,29H,5-15,18,25,27-28H2,1-4H3/p+1. The van der Waals surface area contributed by atoms with Gasteiger partial charge in [-0.2, -0.15) is 4.57 Å². The summed E-state index contributed by atoms with van der Waals surface area (Å²) in [5, 5.41) is 5.23. The molecule has 0 fully saturated rings. The summed E-state index contributed by atoms with van der Waals surface area (Å²) >= 11 is 1.66. The van der Waals surface area contributed by atoms with Crippen LogP contribution < -0.4 is 14.6 Å². The minimum Gasteiger partial charge on any atom is -0.493 e. The Morgan fingerprint density at radius 2 is 1.46 bits per heavy atom. The number of nitrogens with zero attached hydrogens (tertiary/aromatic N) is 1. The lowest BCUT2D eigenvalue weighted by molar-refractivity contribution is -0.683. The quantitative estimate of drug-likeness (QED) is 0.114. The fourth-order valence-corrected chi connectivity index (χ4v) is 5.90. The lowest BCUT2D eigenvalue weighted by atomic mass is 9.84. The van der Waals surface area contributed by atoms with Crippen LogP contribution in [0.15, 0.2) is 59.6 Å². The first-order chi connectivity index (χ1) is 19.9. The Morgan fingerprint density at radius 3 is 2.10 bits per heavy atom. The number of unbranched alkanes of at least 4 members (excludes halogenated alkanes) is 11. The van der Waals surface area contributed by atoms with Gasteiger partial charge in [0.1, 0.15) is 5.75 Å². The number of aromatic nitrogens is 1. The van der Waals surface area contributed by atoms with Gasteiger partial charge in [-0.3, -0.25) is 4.79 Å². The second kappa shape index (κ2) is 18.0. The summed E-state index contributed by atoms with van der Waals surface area (Å²) in [6, 6.07) is 14.3. The molecule has 3 aromatic rings. The molecule has 3 rings (SSSR count). The van der Waals surface area contributed by atoms with Gasteiger partial charge in [-0.1, -0.05) is 146 Å². The van der Waals surface area contributed by atoms with Gasteiger partial charge in [0, 0.05) is 11.1 Å². The molecule has 4 nitrogen and oxygen atoms in total. The van der Waals surface area contributed by atoms with E-state index in [2.05, 4.69) is 72.9 Å². The third kappa shape index (κ3) is 12.0. The number of anilines is 1. The average Bonchev–Trinajstić information content (AvgIpc) is 3.45. The molecule has 0 atom stereocenters. The van der Waals surface area contributed by atoms with Crippen LogP contribution in [0.2, 0.25) is 0 Å². The van der Waals surface area contributed by atoms with Gasteiger partial charge in [0.05, 0.1) is 24.1 Å². The van der Waals surface area contributed by atoms with E-state index in [0.29, 0.717) is 6.61 Å². The summed E-state index contributed by atoms with van der Waals surface area (Å²) in [6.45, 7) is 10.3. The Morgan fingerprint density at radius 1 is 0.829 bits per heavy atom. The second-order valence-corrected chi connectivity index (χ2v) is 13.1. The van der Waals surface area contributed by atoms with Crippen LogP contribution in [0.5, 0.6) is 5.75 Å². The highest BCUT2D eigenvalue weighted by atomic mass is 32.1. The molecule has 0 aliphatic carbocycles. The van der Waals surface area contributed by atoms with Crippen molar-refractivity contribution >= 4 is 22.9 Å². The molecule has 0 aliphatic heterocycles. The summed E-state index contributed by atoms with van der Waals surface area (Å²) in [4.78, 5) is 13.3. The molecule has 0 aliphatic rings. The third-order valence-electron chi connectivity index (χ3n) is 7.67. The summed E-state index contributed by atoms with van der Waals surface area (Å²) in [6.07, 6.45) is 18.3. The van der Waals surface area contributed by atoms with Crippen molar-refractivity contribution in [3.8, 4) is 5.75 Å². The van der Waals surface area contributed by atoms with Gasteiger partial charge in [-0.15, -0.1) is 0 Å². The predicted molar refractivity (Wildman–Crippen MR) is 174 cm³/mol. The normalized spacial score (nSPS) is 11.5. The third-order valence-corrected chi connectivity index (χ3v) is 8.34. The number of thiazole rings is 1. The number of rotatable bonds is 19. The minimum atomic E-state index is -0.0667. The molecule has 224 valence electrons. The zero-order valence-corrected chi connectivity index (χ0v) is 26.9. The zero-order chi connectivity index (χ0) is 29.3. The van der Waals surface area contributed by atoms with Crippen molar-refractivity contribution in [3.05, 3.63) is 76.2 Å². The molecule has 1 heterocycles. The number of carbonyl (C=O) groups is 1. The second-order valence-electron chi connectivity index (χ2n) is 12.4. The van der Waals surface area contributed by atoms with Crippen molar-refractivity contribution in [1.29, 1.82) is 0 Å². The molecule has 5 heteroatoms. The molecule has 0 bridgehead atoms. The number of amides is 1. The van der Waals surface area contributed by atoms with Crippen molar-refractivity contribution in [3.63, 3.8) is 0 Å². The molecule has 1 N–H and O–H groups in total. The van der Waals surface area contributed by atoms with E-state index in [-0.39, 0.29) is 17.7 Å². The van der Waals surface area contributed by atoms with Gasteiger partial charge in [0.15, 0.2) is 12.7 Å². The lowest BCUT2D eigenvalue weighted by Crippen LogP contribution is -2.31. The smallest absolute Gasteiger partial charge is 0.228 e. The maximum atomic E-state index is 13.3. The van der Waals surface area contributed by atoms with Crippen LogP contribution in [0.1, 0.15) is 121 Å². The lowest BCUT2D eigenvalue weighted by Gasteiger charge is -2.25. The van der Waals surface area contributed by atoms with Gasteiger partial charge in [0.2, 0.25) is 11.4 Å². The summed E-state index contributed by atoms with van der Waals surface area (Å²) < 4.78 is 8.58. The zero-order valence-electron chi connectivity index (χ0n) is 26.1. The summed E-state index contributed by atoms with van der Waals surface area (Å²) in [5.74, 6) is 0.870. The predicted octanol–water partition coefficient (Wildman–Crippen LogP) is 9.64. The van der Waals surface area contributed by atoms with Crippen molar-refractivity contribution < 1.29 is 14.1 Å². The number of nitrogens with one attached hydrogen (secondary N) is 1. The highest BCUT2D eigenvalue weighted by molar-refractivity contribution is 7.07. The Balaban J connectivity index is 1.50. The van der Waals surface area contributed by atoms with E-state index in [1.165, 1.54) is 70.6 Å². The van der Waals surface area contributed by atoms with E-state index in [1.54, 1.807) is 11.3 Å². The number of carbonyl (C=O) groups excluding carboxylic acids is 1. The highest BCUT2D eigenvalue weighted by Crippen LogP contribution is 2.35. The number of hydrogen-bond acceptors (Lipinski definition) is 3. The summed E-state index contributed by atoms with van der Waals surface area (Å²) in [5.41, 5.74) is 6.09.